The number of hydrogen-bond donors (Lipinski definition) is 2. The summed E-state index contributed by atoms with van der Waals surface area (Å²) in [4.78, 5) is 4.54. The first-order chi connectivity index (χ1) is 8.08. The number of fused-ring (bicyclic) bond motifs is 1. The Morgan fingerprint density at radius 2 is 2.24 bits per heavy atom. The van der Waals surface area contributed by atoms with Crippen LogP contribution in [0.15, 0.2) is 23.2 Å². The molecule has 0 radical (unpaired) electrons. The summed E-state index contributed by atoms with van der Waals surface area (Å²) < 4.78 is 0. The second kappa shape index (κ2) is 4.96. The number of nitrogens with one attached hydrogen (secondary N) is 2. The van der Waals surface area contributed by atoms with E-state index in [0.29, 0.717) is 5.92 Å². The van der Waals surface area contributed by atoms with Crippen LogP contribution < -0.4 is 10.6 Å². The average molecular weight is 252 g/mol. The molecule has 1 aromatic carbocycles. The van der Waals surface area contributed by atoms with E-state index in [1.807, 2.05) is 18.2 Å². The molecule has 0 aromatic heterocycles. The van der Waals surface area contributed by atoms with Crippen LogP contribution in [0.4, 0.5) is 5.69 Å². The summed E-state index contributed by atoms with van der Waals surface area (Å²) in [5.41, 5.74) is 2.03. The summed E-state index contributed by atoms with van der Waals surface area (Å²) in [5, 5.41) is 7.40. The zero-order valence-corrected chi connectivity index (χ0v) is 11.2. The molecule has 3 nitrogen and oxygen atoms in total. The Balaban J connectivity index is 2.24. The van der Waals surface area contributed by atoms with Crippen molar-refractivity contribution in [2.24, 2.45) is 10.9 Å². The summed E-state index contributed by atoms with van der Waals surface area (Å²) in [7, 11) is 0. The average Bonchev–Trinajstić information content (AvgIpc) is 2.26. The van der Waals surface area contributed by atoms with Gasteiger partial charge in [-0.25, -0.2) is 4.99 Å². The van der Waals surface area contributed by atoms with Crippen molar-refractivity contribution in [2.45, 2.75) is 26.8 Å². The van der Waals surface area contributed by atoms with Crippen LogP contribution in [0.1, 0.15) is 32.4 Å². The van der Waals surface area contributed by atoms with E-state index in [1.165, 1.54) is 0 Å². The molecule has 1 unspecified atom stereocenters. The van der Waals surface area contributed by atoms with Crippen LogP contribution in [-0.4, -0.2) is 12.5 Å². The van der Waals surface area contributed by atoms with Crippen molar-refractivity contribution >= 4 is 23.2 Å². The van der Waals surface area contributed by atoms with E-state index in [0.717, 1.165) is 28.8 Å². The molecule has 0 fully saturated rings. The van der Waals surface area contributed by atoms with Gasteiger partial charge in [0.25, 0.3) is 0 Å². The lowest BCUT2D eigenvalue weighted by molar-refractivity contribution is 0.599. The van der Waals surface area contributed by atoms with Gasteiger partial charge in [-0.05, 0) is 25.0 Å². The number of halogens is 1. The molecule has 92 valence electrons. The molecule has 0 amide bonds. The minimum atomic E-state index is 0.186. The minimum absolute atomic E-state index is 0.186. The van der Waals surface area contributed by atoms with E-state index in [9.17, 15) is 0 Å². The van der Waals surface area contributed by atoms with Gasteiger partial charge in [-0.2, -0.15) is 0 Å². The van der Waals surface area contributed by atoms with Crippen LogP contribution in [0.3, 0.4) is 0 Å². The van der Waals surface area contributed by atoms with E-state index in [2.05, 4.69) is 36.4 Å². The Labute approximate surface area is 107 Å². The Bertz CT molecular complexity index is 440. The highest BCUT2D eigenvalue weighted by Gasteiger charge is 2.20. The third-order valence-electron chi connectivity index (χ3n) is 2.73. The van der Waals surface area contributed by atoms with Gasteiger partial charge >= 0.3 is 0 Å². The van der Waals surface area contributed by atoms with Crippen LogP contribution in [0, 0.1) is 5.92 Å². The molecule has 1 atom stereocenters. The Morgan fingerprint density at radius 3 is 2.94 bits per heavy atom. The fraction of sp³-hybridized carbons (Fsp3) is 0.462. The number of rotatable bonds is 2. The Hall–Kier alpha value is -1.22. The van der Waals surface area contributed by atoms with Gasteiger partial charge in [0.2, 0.25) is 0 Å². The van der Waals surface area contributed by atoms with Crippen LogP contribution >= 0.6 is 11.6 Å². The number of benzene rings is 1. The quantitative estimate of drug-likeness (QED) is 0.847. The van der Waals surface area contributed by atoms with E-state index < -0.39 is 0 Å². The highest BCUT2D eigenvalue weighted by molar-refractivity contribution is 6.31. The molecule has 2 N–H and O–H groups in total. The van der Waals surface area contributed by atoms with Crippen LogP contribution in [0.2, 0.25) is 5.02 Å². The molecule has 1 aliphatic rings. The first kappa shape index (κ1) is 12.2. The zero-order chi connectivity index (χ0) is 12.4. The molecule has 1 aromatic rings. The van der Waals surface area contributed by atoms with Gasteiger partial charge in [0.05, 0.1) is 11.7 Å². The molecule has 0 aliphatic carbocycles. The van der Waals surface area contributed by atoms with Gasteiger partial charge < -0.3 is 10.6 Å². The maximum atomic E-state index is 6.18. The molecular formula is C13H18ClN3. The van der Waals surface area contributed by atoms with Gasteiger partial charge in [0.1, 0.15) is 0 Å². The molecule has 0 spiro atoms. The second-order valence-corrected chi connectivity index (χ2v) is 5.18. The highest BCUT2D eigenvalue weighted by atomic mass is 35.5. The first-order valence-electron chi connectivity index (χ1n) is 5.95. The summed E-state index contributed by atoms with van der Waals surface area (Å²) in [5.74, 6) is 1.43. The number of hydrogen-bond acceptors (Lipinski definition) is 3. The van der Waals surface area contributed by atoms with Gasteiger partial charge in [0.15, 0.2) is 5.96 Å². The summed E-state index contributed by atoms with van der Waals surface area (Å²) in [6, 6.07) is 6.02. The Kier molecular flexibility index (Phi) is 3.57. The third kappa shape index (κ3) is 2.72. The predicted molar refractivity (Wildman–Crippen MR) is 72.9 cm³/mol. The van der Waals surface area contributed by atoms with Crippen LogP contribution in [0.25, 0.3) is 0 Å². The lowest BCUT2D eigenvalue weighted by Crippen LogP contribution is -2.41. The molecule has 4 heteroatoms. The highest BCUT2D eigenvalue weighted by Crippen LogP contribution is 2.34. The van der Waals surface area contributed by atoms with Gasteiger partial charge in [-0.3, -0.25) is 0 Å². The molecule has 17 heavy (non-hydrogen) atoms. The fourth-order valence-electron chi connectivity index (χ4n) is 1.87. The molecule has 1 heterocycles. The third-order valence-corrected chi connectivity index (χ3v) is 3.06. The predicted octanol–water partition coefficient (Wildman–Crippen LogP) is 3.24. The van der Waals surface area contributed by atoms with Gasteiger partial charge in [-0.1, -0.05) is 31.5 Å². The Morgan fingerprint density at radius 1 is 1.47 bits per heavy atom. The molecule has 2 rings (SSSR count). The van der Waals surface area contributed by atoms with Crippen molar-refractivity contribution in [3.63, 3.8) is 0 Å². The summed E-state index contributed by atoms with van der Waals surface area (Å²) in [6.45, 7) is 7.35. The maximum absolute atomic E-state index is 6.18. The van der Waals surface area contributed by atoms with Gasteiger partial charge in [0, 0.05) is 17.1 Å². The lowest BCUT2D eigenvalue weighted by Gasteiger charge is -2.25. The SMILES string of the molecule is CC(C)CNC1=Nc2cccc(Cl)c2C(C)N1. The molecular weight excluding hydrogens is 234 g/mol. The van der Waals surface area contributed by atoms with Gasteiger partial charge in [-0.15, -0.1) is 0 Å². The van der Waals surface area contributed by atoms with Crippen molar-refractivity contribution in [3.05, 3.63) is 28.8 Å². The maximum Gasteiger partial charge on any atom is 0.197 e. The minimum Gasteiger partial charge on any atom is -0.356 e. The zero-order valence-electron chi connectivity index (χ0n) is 10.4. The van der Waals surface area contributed by atoms with Crippen molar-refractivity contribution in [1.29, 1.82) is 0 Å². The fourth-order valence-corrected chi connectivity index (χ4v) is 2.21. The number of guanidine groups is 1. The number of nitrogens with zero attached hydrogens (tertiary/aromatic N) is 1. The first-order valence-corrected chi connectivity index (χ1v) is 6.33. The van der Waals surface area contributed by atoms with E-state index in [4.69, 9.17) is 11.6 Å². The number of aliphatic imine (C=N–C) groups is 1. The second-order valence-electron chi connectivity index (χ2n) is 4.77. The van der Waals surface area contributed by atoms with Crippen LogP contribution in [-0.2, 0) is 0 Å². The van der Waals surface area contributed by atoms with E-state index in [-0.39, 0.29) is 6.04 Å². The van der Waals surface area contributed by atoms with Crippen LogP contribution in [0.5, 0.6) is 0 Å². The summed E-state index contributed by atoms with van der Waals surface area (Å²) in [6.07, 6.45) is 0. The monoisotopic (exact) mass is 251 g/mol. The standard InChI is InChI=1S/C13H18ClN3/c1-8(2)7-15-13-16-9(3)12-10(14)5-4-6-11(12)17-13/h4-6,8-9H,7H2,1-3H3,(H2,15,16,17). The van der Waals surface area contributed by atoms with Crippen molar-refractivity contribution in [3.8, 4) is 0 Å². The van der Waals surface area contributed by atoms with E-state index in [1.54, 1.807) is 0 Å². The topological polar surface area (TPSA) is 36.4 Å². The molecule has 0 saturated carbocycles. The molecule has 0 saturated heterocycles. The summed E-state index contributed by atoms with van der Waals surface area (Å²) >= 11 is 6.18. The largest absolute Gasteiger partial charge is 0.356 e. The molecule has 0 bridgehead atoms. The lowest BCUT2D eigenvalue weighted by atomic mass is 10.0. The van der Waals surface area contributed by atoms with E-state index >= 15 is 0 Å². The molecule has 1 aliphatic heterocycles. The normalized spacial score (nSPS) is 18.4. The van der Waals surface area contributed by atoms with Crippen molar-refractivity contribution in [1.82, 2.24) is 10.6 Å². The smallest absolute Gasteiger partial charge is 0.197 e. The van der Waals surface area contributed by atoms with Crippen molar-refractivity contribution < 1.29 is 0 Å². The van der Waals surface area contributed by atoms with Crippen molar-refractivity contribution in [2.75, 3.05) is 6.54 Å².